The largest absolute Gasteiger partial charge is 0.355 e. The number of carbonyl (C=O) groups is 4. The maximum absolute atomic E-state index is 12.5. The van der Waals surface area contributed by atoms with E-state index in [0.717, 1.165) is 17.7 Å². The van der Waals surface area contributed by atoms with Gasteiger partial charge in [0.25, 0.3) is 5.91 Å². The molecule has 7 nitrogen and oxygen atoms in total. The van der Waals surface area contributed by atoms with Gasteiger partial charge in [-0.05, 0) is 39.2 Å². The van der Waals surface area contributed by atoms with Gasteiger partial charge in [-0.15, -0.1) is 0 Å². The Morgan fingerprint density at radius 1 is 1.22 bits per heavy atom. The SMILES string of the molecule is CC(=O)c1c(C)[nH]c(C(=O)CN2C(=O)CN(C3CC3)C2=O)c1C. The maximum atomic E-state index is 12.5. The summed E-state index contributed by atoms with van der Waals surface area (Å²) in [7, 11) is 0. The van der Waals surface area contributed by atoms with Crippen LogP contribution >= 0.6 is 0 Å². The molecule has 1 saturated heterocycles. The number of hydrogen-bond acceptors (Lipinski definition) is 4. The molecule has 2 aliphatic rings. The summed E-state index contributed by atoms with van der Waals surface area (Å²) in [5, 5.41) is 0. The summed E-state index contributed by atoms with van der Waals surface area (Å²) in [6.07, 6.45) is 1.83. The number of imide groups is 1. The Morgan fingerprint density at radius 2 is 1.87 bits per heavy atom. The number of ketones is 2. The number of amides is 3. The molecule has 23 heavy (non-hydrogen) atoms. The van der Waals surface area contributed by atoms with Crippen LogP contribution in [0.15, 0.2) is 0 Å². The van der Waals surface area contributed by atoms with Crippen LogP contribution in [0.1, 0.15) is 51.9 Å². The highest BCUT2D eigenvalue weighted by Gasteiger charge is 2.44. The first kappa shape index (κ1) is 15.5. The molecule has 0 radical (unpaired) electrons. The van der Waals surface area contributed by atoms with Gasteiger partial charge in [-0.25, -0.2) is 4.79 Å². The lowest BCUT2D eigenvalue weighted by Crippen LogP contribution is -2.37. The molecule has 0 atom stereocenters. The topological polar surface area (TPSA) is 90.6 Å². The third kappa shape index (κ3) is 2.56. The van der Waals surface area contributed by atoms with E-state index in [-0.39, 0.29) is 42.3 Å². The van der Waals surface area contributed by atoms with Gasteiger partial charge < -0.3 is 9.88 Å². The molecule has 1 N–H and O–H groups in total. The third-order valence-electron chi connectivity index (χ3n) is 4.44. The standard InChI is InChI=1S/C16H19N3O4/c1-8-14(10(3)20)9(2)17-15(8)12(21)6-19-13(22)7-18(16(19)23)11-4-5-11/h11,17H,4-7H2,1-3H3. The van der Waals surface area contributed by atoms with Crippen LogP contribution in [0, 0.1) is 13.8 Å². The second kappa shape index (κ2) is 5.33. The summed E-state index contributed by atoms with van der Waals surface area (Å²) < 4.78 is 0. The van der Waals surface area contributed by atoms with Gasteiger partial charge in [0, 0.05) is 17.3 Å². The summed E-state index contributed by atoms with van der Waals surface area (Å²) in [6.45, 7) is 4.62. The molecular formula is C16H19N3O4. The minimum atomic E-state index is -0.390. The summed E-state index contributed by atoms with van der Waals surface area (Å²) in [5.74, 6) is -0.830. The van der Waals surface area contributed by atoms with Crippen LogP contribution < -0.4 is 0 Å². The highest BCUT2D eigenvalue weighted by Crippen LogP contribution is 2.30. The van der Waals surface area contributed by atoms with Crippen LogP contribution in [0.4, 0.5) is 4.79 Å². The van der Waals surface area contributed by atoms with Crippen molar-refractivity contribution >= 4 is 23.5 Å². The summed E-state index contributed by atoms with van der Waals surface area (Å²) in [5.41, 5.74) is 1.97. The number of rotatable bonds is 5. The quantitative estimate of drug-likeness (QED) is 0.657. The van der Waals surface area contributed by atoms with Gasteiger partial charge in [0.05, 0.1) is 12.2 Å². The second-order valence-electron chi connectivity index (χ2n) is 6.23. The van der Waals surface area contributed by atoms with Crippen molar-refractivity contribution in [2.24, 2.45) is 0 Å². The fraction of sp³-hybridized carbons (Fsp3) is 0.500. The number of urea groups is 1. The van der Waals surface area contributed by atoms with E-state index in [9.17, 15) is 19.2 Å². The van der Waals surface area contributed by atoms with Crippen LogP contribution in [0.2, 0.25) is 0 Å². The highest BCUT2D eigenvalue weighted by atomic mass is 16.2. The zero-order valence-electron chi connectivity index (χ0n) is 13.4. The predicted octanol–water partition coefficient (Wildman–Crippen LogP) is 1.44. The van der Waals surface area contributed by atoms with Gasteiger partial charge in [-0.3, -0.25) is 19.3 Å². The Labute approximate surface area is 133 Å². The molecule has 2 fully saturated rings. The summed E-state index contributed by atoms with van der Waals surface area (Å²) >= 11 is 0. The van der Waals surface area contributed by atoms with Crippen LogP contribution in [-0.4, -0.2) is 57.4 Å². The number of aryl methyl sites for hydroxylation is 1. The molecule has 1 aromatic heterocycles. The Balaban J connectivity index is 1.80. The minimum Gasteiger partial charge on any atom is -0.355 e. The minimum absolute atomic E-state index is 0.0538. The normalized spacial score (nSPS) is 18.0. The fourth-order valence-corrected chi connectivity index (χ4v) is 3.17. The average Bonchev–Trinajstić information content (AvgIpc) is 3.21. The Kier molecular flexibility index (Phi) is 3.58. The van der Waals surface area contributed by atoms with Crippen LogP contribution in [-0.2, 0) is 4.79 Å². The Hall–Kier alpha value is -2.44. The van der Waals surface area contributed by atoms with Gasteiger partial charge in [-0.1, -0.05) is 0 Å². The molecule has 0 aromatic carbocycles. The monoisotopic (exact) mass is 317 g/mol. The summed E-state index contributed by atoms with van der Waals surface area (Å²) in [4.78, 5) is 53.8. The van der Waals surface area contributed by atoms with E-state index >= 15 is 0 Å². The van der Waals surface area contributed by atoms with E-state index in [2.05, 4.69) is 4.98 Å². The third-order valence-corrected chi connectivity index (χ3v) is 4.44. The lowest BCUT2D eigenvalue weighted by Gasteiger charge is -2.15. The van der Waals surface area contributed by atoms with Crippen molar-refractivity contribution in [1.82, 2.24) is 14.8 Å². The van der Waals surface area contributed by atoms with Crippen molar-refractivity contribution < 1.29 is 19.2 Å². The van der Waals surface area contributed by atoms with E-state index in [0.29, 0.717) is 16.8 Å². The van der Waals surface area contributed by atoms with E-state index < -0.39 is 6.03 Å². The molecule has 3 amide bonds. The molecule has 0 bridgehead atoms. The van der Waals surface area contributed by atoms with Crippen molar-refractivity contribution in [3.05, 3.63) is 22.5 Å². The van der Waals surface area contributed by atoms with Gasteiger partial charge >= 0.3 is 6.03 Å². The van der Waals surface area contributed by atoms with Gasteiger partial charge in [0.2, 0.25) is 0 Å². The molecule has 122 valence electrons. The van der Waals surface area contributed by atoms with E-state index in [1.807, 2.05) is 0 Å². The Morgan fingerprint density at radius 3 is 2.39 bits per heavy atom. The lowest BCUT2D eigenvalue weighted by atomic mass is 10.1. The number of aromatic nitrogens is 1. The molecule has 1 aliphatic carbocycles. The average molecular weight is 317 g/mol. The number of nitrogens with one attached hydrogen (secondary N) is 1. The smallest absolute Gasteiger partial charge is 0.327 e. The van der Waals surface area contributed by atoms with Gasteiger partial charge in [-0.2, -0.15) is 0 Å². The lowest BCUT2D eigenvalue weighted by molar-refractivity contribution is -0.125. The number of H-pyrrole nitrogens is 1. The molecule has 0 spiro atoms. The van der Waals surface area contributed by atoms with E-state index in [4.69, 9.17) is 0 Å². The van der Waals surface area contributed by atoms with Crippen LogP contribution in [0.3, 0.4) is 0 Å². The summed E-state index contributed by atoms with van der Waals surface area (Å²) in [6, 6.07) is -0.246. The molecule has 0 unspecified atom stereocenters. The number of hydrogen-bond donors (Lipinski definition) is 1. The Bertz CT molecular complexity index is 730. The second-order valence-corrected chi connectivity index (χ2v) is 6.23. The number of carbonyl (C=O) groups excluding carboxylic acids is 4. The first-order chi connectivity index (χ1) is 10.8. The van der Waals surface area contributed by atoms with E-state index in [1.165, 1.54) is 11.8 Å². The first-order valence-electron chi connectivity index (χ1n) is 7.65. The molecule has 1 saturated carbocycles. The number of Topliss-reactive ketones (excluding diaryl/α,β-unsaturated/α-hetero) is 2. The maximum Gasteiger partial charge on any atom is 0.327 e. The molecule has 1 aromatic rings. The first-order valence-corrected chi connectivity index (χ1v) is 7.65. The predicted molar refractivity (Wildman–Crippen MR) is 81.4 cm³/mol. The molecular weight excluding hydrogens is 298 g/mol. The molecule has 7 heteroatoms. The van der Waals surface area contributed by atoms with Crippen molar-refractivity contribution in [3.63, 3.8) is 0 Å². The van der Waals surface area contributed by atoms with Crippen LogP contribution in [0.25, 0.3) is 0 Å². The van der Waals surface area contributed by atoms with Gasteiger partial charge in [0.1, 0.15) is 6.54 Å². The molecule has 3 rings (SSSR count). The zero-order valence-corrected chi connectivity index (χ0v) is 13.4. The molecule has 1 aliphatic heterocycles. The van der Waals surface area contributed by atoms with Gasteiger partial charge in [0.15, 0.2) is 11.6 Å². The number of aromatic amines is 1. The van der Waals surface area contributed by atoms with Crippen molar-refractivity contribution in [1.29, 1.82) is 0 Å². The fourth-order valence-electron chi connectivity index (χ4n) is 3.17. The van der Waals surface area contributed by atoms with Crippen molar-refractivity contribution in [2.45, 2.75) is 39.7 Å². The zero-order chi connectivity index (χ0) is 16.9. The van der Waals surface area contributed by atoms with Crippen molar-refractivity contribution in [2.75, 3.05) is 13.1 Å². The van der Waals surface area contributed by atoms with Crippen LogP contribution in [0.5, 0.6) is 0 Å². The van der Waals surface area contributed by atoms with E-state index in [1.54, 1.807) is 13.8 Å². The molecule has 2 heterocycles. The number of nitrogens with zero attached hydrogens (tertiary/aromatic N) is 2. The van der Waals surface area contributed by atoms with Crippen molar-refractivity contribution in [3.8, 4) is 0 Å². The highest BCUT2D eigenvalue weighted by molar-refractivity contribution is 6.09.